The summed E-state index contributed by atoms with van der Waals surface area (Å²) in [5.41, 5.74) is 25.2. The van der Waals surface area contributed by atoms with Gasteiger partial charge < -0.3 is 14.7 Å². The summed E-state index contributed by atoms with van der Waals surface area (Å²) in [5, 5.41) is 0. The zero-order valence-electron chi connectivity index (χ0n) is 49.3. The van der Waals surface area contributed by atoms with Gasteiger partial charge in [-0.05, 0) is 151 Å². The quantitative estimate of drug-likeness (QED) is 0.159. The Balaban J connectivity index is 1.27. The third-order valence-electron chi connectivity index (χ3n) is 18.9. The lowest BCUT2D eigenvalue weighted by Gasteiger charge is -2.50. The SMILES string of the molecule is CC(C)(C)c1ccc(N2c3cc(C(C)(C)C)ccc3B3c4ccc(C(C)(C)C)cc4N(c4ccc(C(C)(C)C)cc4-c4ccccc4)c4cc(N5c6ccccc6C6(C)CCCCCCC56C)cc2c43)c(-c2ccccc2)c1. The van der Waals surface area contributed by atoms with Gasteiger partial charge in [0.15, 0.2) is 0 Å². The summed E-state index contributed by atoms with van der Waals surface area (Å²) in [4.78, 5) is 8.28. The van der Waals surface area contributed by atoms with Crippen LogP contribution in [0.5, 0.6) is 0 Å². The number of hydrogen-bond acceptors (Lipinski definition) is 3. The van der Waals surface area contributed by atoms with Gasteiger partial charge in [0.25, 0.3) is 6.71 Å². The molecule has 0 aromatic heterocycles. The van der Waals surface area contributed by atoms with E-state index < -0.39 is 0 Å². The average molecular weight is 1020 g/mol. The van der Waals surface area contributed by atoms with E-state index in [1.54, 1.807) is 0 Å². The zero-order valence-corrected chi connectivity index (χ0v) is 49.3. The average Bonchev–Trinajstić information content (AvgIpc) is 3.51. The predicted molar refractivity (Wildman–Crippen MR) is 338 cm³/mol. The summed E-state index contributed by atoms with van der Waals surface area (Å²) in [6, 6.07) is 66.9. The lowest BCUT2D eigenvalue weighted by atomic mass is 9.33. The number of hydrogen-bond donors (Lipinski definition) is 0. The van der Waals surface area contributed by atoms with Crippen LogP contribution in [0.15, 0.2) is 170 Å². The van der Waals surface area contributed by atoms with Gasteiger partial charge in [-0.2, -0.15) is 0 Å². The van der Waals surface area contributed by atoms with E-state index in [4.69, 9.17) is 0 Å². The highest BCUT2D eigenvalue weighted by Gasteiger charge is 2.57. The number of para-hydroxylation sites is 1. The molecule has 12 rings (SSSR count). The first-order chi connectivity index (χ1) is 37.0. The molecule has 0 radical (unpaired) electrons. The lowest BCUT2D eigenvalue weighted by molar-refractivity contribution is 0.218. The first kappa shape index (κ1) is 52.0. The van der Waals surface area contributed by atoms with Crippen LogP contribution >= 0.6 is 0 Å². The number of fused-ring (bicyclic) bond motifs is 7. The molecule has 0 saturated heterocycles. The molecule has 0 amide bonds. The Hall–Kier alpha value is -6.78. The second kappa shape index (κ2) is 18.4. The molecule has 3 nitrogen and oxygen atoms in total. The van der Waals surface area contributed by atoms with Crippen LogP contribution in [0.4, 0.5) is 45.5 Å². The van der Waals surface area contributed by atoms with Gasteiger partial charge in [-0.25, -0.2) is 0 Å². The summed E-state index contributed by atoms with van der Waals surface area (Å²) >= 11 is 0. The van der Waals surface area contributed by atoms with Crippen molar-refractivity contribution in [1.29, 1.82) is 0 Å². The minimum atomic E-state index is -0.182. The number of nitrogens with zero attached hydrogens (tertiary/aromatic N) is 3. The Morgan fingerprint density at radius 1 is 0.372 bits per heavy atom. The molecular formula is C74H82BN3. The molecule has 8 aromatic rings. The molecule has 2 unspecified atom stereocenters. The smallest absolute Gasteiger partial charge is 0.252 e. The topological polar surface area (TPSA) is 9.72 Å². The van der Waals surface area contributed by atoms with Gasteiger partial charge in [0, 0.05) is 50.7 Å². The molecule has 4 heteroatoms. The molecule has 4 aliphatic rings. The van der Waals surface area contributed by atoms with Crippen LogP contribution in [0.2, 0.25) is 0 Å². The van der Waals surface area contributed by atoms with Crippen molar-refractivity contribution < 1.29 is 0 Å². The normalized spacial score (nSPS) is 19.1. The molecule has 2 atom stereocenters. The zero-order chi connectivity index (χ0) is 54.9. The van der Waals surface area contributed by atoms with Crippen molar-refractivity contribution in [3.8, 4) is 22.3 Å². The van der Waals surface area contributed by atoms with Gasteiger partial charge in [-0.15, -0.1) is 0 Å². The Kier molecular flexibility index (Phi) is 12.3. The second-order valence-electron chi connectivity index (χ2n) is 28.1. The van der Waals surface area contributed by atoms with Gasteiger partial charge >= 0.3 is 0 Å². The van der Waals surface area contributed by atoms with E-state index in [0.717, 1.165) is 6.42 Å². The fraction of sp³-hybridized carbons (Fsp3) is 0.351. The van der Waals surface area contributed by atoms with Crippen LogP contribution in [0.3, 0.4) is 0 Å². The van der Waals surface area contributed by atoms with Gasteiger partial charge in [-0.1, -0.05) is 231 Å². The Morgan fingerprint density at radius 2 is 0.782 bits per heavy atom. The Labute approximate surface area is 468 Å². The van der Waals surface area contributed by atoms with Gasteiger partial charge in [0.1, 0.15) is 0 Å². The number of benzene rings is 8. The highest BCUT2D eigenvalue weighted by atomic mass is 15.3. The van der Waals surface area contributed by atoms with Gasteiger partial charge in [0.2, 0.25) is 0 Å². The molecule has 1 aliphatic carbocycles. The molecule has 1 fully saturated rings. The predicted octanol–water partition coefficient (Wildman–Crippen LogP) is 18.8. The van der Waals surface area contributed by atoms with Crippen molar-refractivity contribution >= 4 is 68.6 Å². The fourth-order valence-electron chi connectivity index (χ4n) is 14.1. The minimum Gasteiger partial charge on any atom is -0.334 e. The van der Waals surface area contributed by atoms with E-state index in [2.05, 4.69) is 281 Å². The standard InChI is InChI=1S/C74H82BN3/c1-69(2,3)51-35-39-61(56(43-51)49-27-19-17-20-28-49)76-64-45-53(71(7,8)9)33-37-59(64)75-60-38-34-54(72(10,11)12)46-65(60)77(62-40-36-52(70(4,5)6)44-57(62)50-29-21-18-22-30-50)67-48-55(47-66(76)68(67)75)78-63-32-24-23-31-58(63)73(13)41-25-15-16-26-42-74(73,78)14/h17-24,27-40,43-48H,15-16,25-26,41-42H2,1-14H3. The van der Waals surface area contributed by atoms with E-state index in [-0.39, 0.29) is 39.3 Å². The maximum atomic E-state index is 2.85. The lowest BCUT2D eigenvalue weighted by Crippen LogP contribution is -2.61. The van der Waals surface area contributed by atoms with Crippen molar-refractivity contribution in [2.45, 2.75) is 168 Å². The van der Waals surface area contributed by atoms with Crippen molar-refractivity contribution in [3.05, 3.63) is 198 Å². The van der Waals surface area contributed by atoms with E-state index in [9.17, 15) is 0 Å². The summed E-state index contributed by atoms with van der Waals surface area (Å²) < 4.78 is 0. The molecular weight excluding hydrogens is 942 g/mol. The fourth-order valence-corrected chi connectivity index (χ4v) is 14.1. The molecule has 3 aliphatic heterocycles. The highest BCUT2D eigenvalue weighted by molar-refractivity contribution is 7.00. The Bertz CT molecular complexity index is 3430. The van der Waals surface area contributed by atoms with Crippen LogP contribution in [-0.4, -0.2) is 12.3 Å². The summed E-state index contributed by atoms with van der Waals surface area (Å²) in [7, 11) is 0. The molecule has 0 N–H and O–H groups in total. The highest BCUT2D eigenvalue weighted by Crippen LogP contribution is 2.61. The monoisotopic (exact) mass is 1020 g/mol. The van der Waals surface area contributed by atoms with Crippen molar-refractivity contribution in [3.63, 3.8) is 0 Å². The first-order valence-electron chi connectivity index (χ1n) is 29.3. The minimum absolute atomic E-state index is 0.0410. The van der Waals surface area contributed by atoms with Crippen LogP contribution in [0, 0.1) is 0 Å². The van der Waals surface area contributed by atoms with E-state index in [1.807, 2.05) is 0 Å². The van der Waals surface area contributed by atoms with Crippen LogP contribution in [-0.2, 0) is 27.1 Å². The number of rotatable bonds is 5. The summed E-state index contributed by atoms with van der Waals surface area (Å²) in [6.07, 6.45) is 7.31. The second-order valence-corrected chi connectivity index (χ2v) is 28.1. The Morgan fingerprint density at radius 3 is 1.24 bits per heavy atom. The van der Waals surface area contributed by atoms with E-state index in [1.165, 1.54) is 144 Å². The summed E-state index contributed by atoms with van der Waals surface area (Å²) in [5.74, 6) is 0. The molecule has 0 spiro atoms. The largest absolute Gasteiger partial charge is 0.334 e. The van der Waals surface area contributed by atoms with Gasteiger partial charge in [-0.3, -0.25) is 0 Å². The van der Waals surface area contributed by atoms with Gasteiger partial charge in [0.05, 0.1) is 16.9 Å². The van der Waals surface area contributed by atoms with Crippen LogP contribution < -0.4 is 31.1 Å². The van der Waals surface area contributed by atoms with E-state index in [0.29, 0.717) is 0 Å². The molecule has 0 bridgehead atoms. The van der Waals surface area contributed by atoms with Crippen LogP contribution in [0.1, 0.15) is 163 Å². The first-order valence-corrected chi connectivity index (χ1v) is 29.3. The summed E-state index contributed by atoms with van der Waals surface area (Å²) in [6.45, 7) is 33.5. The molecule has 1 saturated carbocycles. The van der Waals surface area contributed by atoms with Crippen LogP contribution in [0.25, 0.3) is 22.3 Å². The maximum Gasteiger partial charge on any atom is 0.252 e. The van der Waals surface area contributed by atoms with E-state index >= 15 is 0 Å². The van der Waals surface area contributed by atoms with Crippen molar-refractivity contribution in [2.75, 3.05) is 14.7 Å². The van der Waals surface area contributed by atoms with Crippen molar-refractivity contribution in [2.24, 2.45) is 0 Å². The molecule has 78 heavy (non-hydrogen) atoms. The molecule has 3 heterocycles. The molecule has 396 valence electrons. The number of anilines is 8. The third kappa shape index (κ3) is 8.37. The molecule has 8 aromatic carbocycles. The van der Waals surface area contributed by atoms with Crippen molar-refractivity contribution in [1.82, 2.24) is 0 Å². The third-order valence-corrected chi connectivity index (χ3v) is 18.9. The maximum absolute atomic E-state index is 2.85.